The second-order valence-electron chi connectivity index (χ2n) is 5.55. The molecule has 22 heavy (non-hydrogen) atoms. The molecule has 1 heterocycles. The van der Waals surface area contributed by atoms with Gasteiger partial charge in [-0.25, -0.2) is 0 Å². The highest BCUT2D eigenvalue weighted by Gasteiger charge is 2.13. The number of rotatable bonds is 4. The van der Waals surface area contributed by atoms with Gasteiger partial charge in [0.05, 0.1) is 5.52 Å². The Hall–Kier alpha value is -2.62. The van der Waals surface area contributed by atoms with E-state index in [-0.39, 0.29) is 5.91 Å². The summed E-state index contributed by atoms with van der Waals surface area (Å²) in [6.45, 7) is 4.69. The van der Waals surface area contributed by atoms with Gasteiger partial charge >= 0.3 is 0 Å². The number of H-pyrrole nitrogens is 1. The molecule has 0 atom stereocenters. The number of nitrogens with one attached hydrogen (secondary N) is 2. The predicted octanol–water partition coefficient (Wildman–Crippen LogP) is 3.15. The summed E-state index contributed by atoms with van der Waals surface area (Å²) in [7, 11) is 0. The van der Waals surface area contributed by atoms with Gasteiger partial charge in [-0.2, -0.15) is 5.10 Å². The molecule has 2 aromatic carbocycles. The van der Waals surface area contributed by atoms with E-state index in [1.165, 1.54) is 11.1 Å². The van der Waals surface area contributed by atoms with Crippen molar-refractivity contribution in [2.24, 2.45) is 0 Å². The molecular formula is C18H19N3O. The highest BCUT2D eigenvalue weighted by atomic mass is 16.1. The number of carbonyl (C=O) groups excluding carboxylic acids is 1. The first-order chi connectivity index (χ1) is 10.6. The molecule has 1 aromatic heterocycles. The molecular weight excluding hydrogens is 274 g/mol. The van der Waals surface area contributed by atoms with Gasteiger partial charge in [0.2, 0.25) is 0 Å². The van der Waals surface area contributed by atoms with Crippen molar-refractivity contribution in [3.63, 3.8) is 0 Å². The van der Waals surface area contributed by atoms with E-state index in [0.717, 1.165) is 22.9 Å². The maximum atomic E-state index is 12.3. The van der Waals surface area contributed by atoms with E-state index >= 15 is 0 Å². The molecule has 2 N–H and O–H groups in total. The Morgan fingerprint density at radius 2 is 2.00 bits per heavy atom. The van der Waals surface area contributed by atoms with Gasteiger partial charge in [-0.15, -0.1) is 0 Å². The van der Waals surface area contributed by atoms with Crippen LogP contribution in [-0.2, 0) is 6.42 Å². The van der Waals surface area contributed by atoms with E-state index in [1.54, 1.807) is 0 Å². The molecule has 0 aliphatic rings. The van der Waals surface area contributed by atoms with Crippen molar-refractivity contribution in [1.82, 2.24) is 15.5 Å². The minimum Gasteiger partial charge on any atom is -0.350 e. The number of hydrogen-bond acceptors (Lipinski definition) is 2. The van der Waals surface area contributed by atoms with Crippen LogP contribution in [0.5, 0.6) is 0 Å². The molecule has 3 aromatic rings. The maximum Gasteiger partial charge on any atom is 0.272 e. The van der Waals surface area contributed by atoms with Crippen LogP contribution in [0.4, 0.5) is 0 Å². The van der Waals surface area contributed by atoms with Gasteiger partial charge in [0.1, 0.15) is 0 Å². The lowest BCUT2D eigenvalue weighted by Gasteiger charge is -2.06. The molecule has 0 bridgehead atoms. The largest absolute Gasteiger partial charge is 0.350 e. The lowest BCUT2D eigenvalue weighted by Crippen LogP contribution is -2.26. The molecule has 3 rings (SSSR count). The monoisotopic (exact) mass is 293 g/mol. The number of amides is 1. The maximum absolute atomic E-state index is 12.3. The molecule has 0 aliphatic heterocycles. The van der Waals surface area contributed by atoms with Crippen molar-refractivity contribution < 1.29 is 4.79 Å². The molecule has 0 saturated carbocycles. The number of hydrogen-bond donors (Lipinski definition) is 2. The highest BCUT2D eigenvalue weighted by Crippen LogP contribution is 2.17. The molecule has 0 fully saturated rings. The van der Waals surface area contributed by atoms with Crippen LogP contribution in [-0.4, -0.2) is 22.6 Å². The summed E-state index contributed by atoms with van der Waals surface area (Å²) in [5, 5.41) is 10.9. The number of aromatic nitrogens is 2. The van der Waals surface area contributed by atoms with Gasteiger partial charge < -0.3 is 5.32 Å². The van der Waals surface area contributed by atoms with Crippen LogP contribution in [0, 0.1) is 13.8 Å². The average Bonchev–Trinajstić information content (AvgIpc) is 2.92. The van der Waals surface area contributed by atoms with Crippen LogP contribution in [0.25, 0.3) is 10.9 Å². The fraction of sp³-hybridized carbons (Fsp3) is 0.222. The normalized spacial score (nSPS) is 10.8. The first kappa shape index (κ1) is 14.3. The van der Waals surface area contributed by atoms with Crippen molar-refractivity contribution >= 4 is 16.8 Å². The Balaban J connectivity index is 1.69. The number of carbonyl (C=O) groups is 1. The molecule has 0 spiro atoms. The van der Waals surface area contributed by atoms with E-state index in [4.69, 9.17) is 0 Å². The summed E-state index contributed by atoms with van der Waals surface area (Å²) >= 11 is 0. The Kier molecular flexibility index (Phi) is 3.92. The molecule has 0 unspecified atom stereocenters. The van der Waals surface area contributed by atoms with Crippen LogP contribution in [0.3, 0.4) is 0 Å². The first-order valence-corrected chi connectivity index (χ1v) is 7.42. The summed E-state index contributed by atoms with van der Waals surface area (Å²) in [6.07, 6.45) is 0.819. The molecule has 0 saturated heterocycles. The van der Waals surface area contributed by atoms with E-state index in [2.05, 4.69) is 34.6 Å². The number of nitrogens with zero attached hydrogens (tertiary/aromatic N) is 1. The fourth-order valence-corrected chi connectivity index (χ4v) is 2.59. The molecule has 0 radical (unpaired) electrons. The van der Waals surface area contributed by atoms with Crippen LogP contribution in [0.2, 0.25) is 0 Å². The molecule has 112 valence electrons. The van der Waals surface area contributed by atoms with Crippen LogP contribution < -0.4 is 5.32 Å². The topological polar surface area (TPSA) is 57.8 Å². The van der Waals surface area contributed by atoms with Gasteiger partial charge in [-0.05, 0) is 43.5 Å². The van der Waals surface area contributed by atoms with Crippen molar-refractivity contribution in [1.29, 1.82) is 0 Å². The predicted molar refractivity (Wildman–Crippen MR) is 88.0 cm³/mol. The van der Waals surface area contributed by atoms with Gasteiger partial charge in [-0.1, -0.05) is 35.9 Å². The Bertz CT molecular complexity index is 820. The zero-order valence-corrected chi connectivity index (χ0v) is 12.8. The van der Waals surface area contributed by atoms with Crippen molar-refractivity contribution in [2.45, 2.75) is 20.3 Å². The highest BCUT2D eigenvalue weighted by molar-refractivity contribution is 6.04. The standard InChI is InChI=1S/C18H19N3O/c1-12-7-8-16-15(11-12)17(21-20-16)18(22)19-10-9-14-6-4-3-5-13(14)2/h3-8,11H,9-10H2,1-2H3,(H,19,22)(H,20,21). The summed E-state index contributed by atoms with van der Waals surface area (Å²) < 4.78 is 0. The van der Waals surface area contributed by atoms with E-state index in [9.17, 15) is 4.79 Å². The third-order valence-electron chi connectivity index (χ3n) is 3.87. The second kappa shape index (κ2) is 6.02. The molecule has 4 heteroatoms. The van der Waals surface area contributed by atoms with E-state index < -0.39 is 0 Å². The van der Waals surface area contributed by atoms with Gasteiger partial charge in [0, 0.05) is 11.9 Å². The first-order valence-electron chi connectivity index (χ1n) is 7.42. The summed E-state index contributed by atoms with van der Waals surface area (Å²) in [4.78, 5) is 12.3. The second-order valence-corrected chi connectivity index (χ2v) is 5.55. The number of fused-ring (bicyclic) bond motifs is 1. The third kappa shape index (κ3) is 2.86. The van der Waals surface area contributed by atoms with Crippen molar-refractivity contribution in [2.75, 3.05) is 6.54 Å². The van der Waals surface area contributed by atoms with Crippen LogP contribution >= 0.6 is 0 Å². The Morgan fingerprint density at radius 1 is 1.18 bits per heavy atom. The lowest BCUT2D eigenvalue weighted by atomic mass is 10.1. The quantitative estimate of drug-likeness (QED) is 0.776. The summed E-state index contributed by atoms with van der Waals surface area (Å²) in [5.74, 6) is -0.134. The summed E-state index contributed by atoms with van der Waals surface area (Å²) in [6, 6.07) is 14.1. The SMILES string of the molecule is Cc1ccc2[nH]nc(C(=O)NCCc3ccccc3C)c2c1. The van der Waals surface area contributed by atoms with E-state index in [1.807, 2.05) is 37.3 Å². The van der Waals surface area contributed by atoms with Crippen molar-refractivity contribution in [3.8, 4) is 0 Å². The third-order valence-corrected chi connectivity index (χ3v) is 3.87. The number of aryl methyl sites for hydroxylation is 2. The minimum absolute atomic E-state index is 0.134. The number of aromatic amines is 1. The zero-order chi connectivity index (χ0) is 15.5. The summed E-state index contributed by atoms with van der Waals surface area (Å²) in [5.41, 5.74) is 4.96. The Morgan fingerprint density at radius 3 is 2.82 bits per heavy atom. The molecule has 0 aliphatic carbocycles. The van der Waals surface area contributed by atoms with Gasteiger partial charge in [-0.3, -0.25) is 9.89 Å². The lowest BCUT2D eigenvalue weighted by molar-refractivity contribution is 0.0950. The van der Waals surface area contributed by atoms with E-state index in [0.29, 0.717) is 12.2 Å². The van der Waals surface area contributed by atoms with Crippen molar-refractivity contribution in [3.05, 3.63) is 64.8 Å². The zero-order valence-electron chi connectivity index (χ0n) is 12.8. The molecule has 1 amide bonds. The Labute approximate surface area is 129 Å². The van der Waals surface area contributed by atoms with Gasteiger partial charge in [0.25, 0.3) is 5.91 Å². The van der Waals surface area contributed by atoms with Crippen LogP contribution in [0.1, 0.15) is 27.2 Å². The minimum atomic E-state index is -0.134. The number of benzene rings is 2. The van der Waals surface area contributed by atoms with Crippen LogP contribution in [0.15, 0.2) is 42.5 Å². The fourth-order valence-electron chi connectivity index (χ4n) is 2.59. The average molecular weight is 293 g/mol. The smallest absolute Gasteiger partial charge is 0.272 e. The van der Waals surface area contributed by atoms with Gasteiger partial charge in [0.15, 0.2) is 5.69 Å². The molecule has 4 nitrogen and oxygen atoms in total.